The molecule has 0 spiro atoms. The van der Waals surface area contributed by atoms with E-state index < -0.39 is 0 Å². The van der Waals surface area contributed by atoms with Crippen LogP contribution in [0.5, 0.6) is 11.5 Å². The van der Waals surface area contributed by atoms with Crippen LogP contribution in [0.2, 0.25) is 0 Å². The molecule has 156 valence electrons. The second kappa shape index (κ2) is 17.0. The van der Waals surface area contributed by atoms with Crippen LogP contribution in [0.25, 0.3) is 0 Å². The summed E-state index contributed by atoms with van der Waals surface area (Å²) in [6.07, 6.45) is 21.8. The van der Waals surface area contributed by atoms with Crippen molar-refractivity contribution in [1.82, 2.24) is 0 Å². The molecule has 0 aliphatic heterocycles. The Hall–Kier alpha value is -1.18. The van der Waals surface area contributed by atoms with E-state index in [-0.39, 0.29) is 0 Å². The molecule has 2 heteroatoms. The highest BCUT2D eigenvalue weighted by Gasteiger charge is 2.03. The quantitative estimate of drug-likeness (QED) is 0.262. The van der Waals surface area contributed by atoms with Crippen molar-refractivity contribution < 1.29 is 9.84 Å². The number of benzene rings is 1. The SMILES string of the molecule is CCCCCCCCCCCCCCCCCc1ccc(OCC)cc1O. The maximum absolute atomic E-state index is 10.1. The van der Waals surface area contributed by atoms with Gasteiger partial charge in [-0.05, 0) is 31.4 Å². The lowest BCUT2D eigenvalue weighted by Gasteiger charge is -2.08. The molecule has 1 N–H and O–H groups in total. The third-order valence-corrected chi connectivity index (χ3v) is 5.42. The lowest BCUT2D eigenvalue weighted by atomic mass is 10.0. The molecular formula is C25H44O2. The zero-order valence-corrected chi connectivity index (χ0v) is 18.1. The second-order valence-corrected chi connectivity index (χ2v) is 7.92. The van der Waals surface area contributed by atoms with Crippen molar-refractivity contribution in [3.8, 4) is 11.5 Å². The minimum Gasteiger partial charge on any atom is -0.508 e. The maximum atomic E-state index is 10.1. The molecule has 0 atom stereocenters. The van der Waals surface area contributed by atoms with Crippen LogP contribution in [-0.4, -0.2) is 11.7 Å². The van der Waals surface area contributed by atoms with Gasteiger partial charge in [0.05, 0.1) is 6.61 Å². The predicted molar refractivity (Wildman–Crippen MR) is 118 cm³/mol. The van der Waals surface area contributed by atoms with Gasteiger partial charge in [0.2, 0.25) is 0 Å². The molecule has 0 radical (unpaired) electrons. The molecule has 1 rings (SSSR count). The lowest BCUT2D eigenvalue weighted by molar-refractivity contribution is 0.337. The van der Waals surface area contributed by atoms with Gasteiger partial charge >= 0.3 is 0 Å². The Balaban J connectivity index is 1.88. The molecule has 2 nitrogen and oxygen atoms in total. The van der Waals surface area contributed by atoms with Gasteiger partial charge in [0.1, 0.15) is 11.5 Å². The van der Waals surface area contributed by atoms with Crippen molar-refractivity contribution in [2.75, 3.05) is 6.61 Å². The lowest BCUT2D eigenvalue weighted by Crippen LogP contribution is -1.93. The summed E-state index contributed by atoms with van der Waals surface area (Å²) >= 11 is 0. The summed E-state index contributed by atoms with van der Waals surface area (Å²) in [5.74, 6) is 1.14. The van der Waals surface area contributed by atoms with E-state index >= 15 is 0 Å². The van der Waals surface area contributed by atoms with Gasteiger partial charge in [-0.25, -0.2) is 0 Å². The van der Waals surface area contributed by atoms with Gasteiger partial charge in [-0.15, -0.1) is 0 Å². The van der Waals surface area contributed by atoms with Gasteiger partial charge in [0, 0.05) is 6.07 Å². The third-order valence-electron chi connectivity index (χ3n) is 5.42. The summed E-state index contributed by atoms with van der Waals surface area (Å²) < 4.78 is 5.41. The van der Waals surface area contributed by atoms with Gasteiger partial charge < -0.3 is 9.84 Å². The van der Waals surface area contributed by atoms with Crippen molar-refractivity contribution in [2.45, 2.75) is 117 Å². The molecule has 1 aromatic rings. The fourth-order valence-electron chi connectivity index (χ4n) is 3.70. The van der Waals surface area contributed by atoms with Gasteiger partial charge in [-0.3, -0.25) is 0 Å². The highest BCUT2D eigenvalue weighted by atomic mass is 16.5. The molecule has 0 aliphatic carbocycles. The minimum absolute atomic E-state index is 0.381. The van der Waals surface area contributed by atoms with Gasteiger partial charge in [0.15, 0.2) is 0 Å². The normalized spacial score (nSPS) is 11.0. The Morgan fingerprint density at radius 2 is 1.15 bits per heavy atom. The number of rotatable bonds is 18. The first-order valence-corrected chi connectivity index (χ1v) is 11.7. The third kappa shape index (κ3) is 12.8. The van der Waals surface area contributed by atoms with Crippen molar-refractivity contribution in [3.63, 3.8) is 0 Å². The maximum Gasteiger partial charge on any atom is 0.122 e. The molecule has 0 heterocycles. The fourth-order valence-corrected chi connectivity index (χ4v) is 3.70. The smallest absolute Gasteiger partial charge is 0.122 e. The van der Waals surface area contributed by atoms with E-state index in [9.17, 15) is 5.11 Å². The monoisotopic (exact) mass is 376 g/mol. The van der Waals surface area contributed by atoms with E-state index in [4.69, 9.17) is 4.74 Å². The van der Waals surface area contributed by atoms with E-state index in [1.165, 1.54) is 96.3 Å². The molecule has 0 amide bonds. The standard InChI is InChI=1S/C25H44O2/c1-3-5-6-7-8-9-10-11-12-13-14-15-16-17-18-19-23-20-21-24(27-4-2)22-25(23)26/h20-22,26H,3-19H2,1-2H3. The van der Waals surface area contributed by atoms with Crippen LogP contribution < -0.4 is 4.74 Å². The highest BCUT2D eigenvalue weighted by molar-refractivity contribution is 5.39. The zero-order valence-electron chi connectivity index (χ0n) is 18.1. The van der Waals surface area contributed by atoms with Crippen LogP contribution in [0.4, 0.5) is 0 Å². The van der Waals surface area contributed by atoms with Crippen LogP contribution in [0.3, 0.4) is 0 Å². The number of aromatic hydroxyl groups is 1. The van der Waals surface area contributed by atoms with Crippen LogP contribution in [0.1, 0.15) is 116 Å². The summed E-state index contributed by atoms with van der Waals surface area (Å²) in [5.41, 5.74) is 1.05. The molecule has 0 unspecified atom stereocenters. The second-order valence-electron chi connectivity index (χ2n) is 7.92. The first-order chi connectivity index (χ1) is 13.3. The summed E-state index contributed by atoms with van der Waals surface area (Å²) in [7, 11) is 0. The van der Waals surface area contributed by atoms with Crippen LogP contribution in [0, 0.1) is 0 Å². The van der Waals surface area contributed by atoms with Crippen molar-refractivity contribution in [3.05, 3.63) is 23.8 Å². The Morgan fingerprint density at radius 1 is 0.667 bits per heavy atom. The highest BCUT2D eigenvalue weighted by Crippen LogP contribution is 2.25. The molecular weight excluding hydrogens is 332 g/mol. The molecule has 0 saturated carbocycles. The van der Waals surface area contributed by atoms with E-state index in [0.29, 0.717) is 12.4 Å². The summed E-state index contributed by atoms with van der Waals surface area (Å²) in [4.78, 5) is 0. The average Bonchev–Trinajstić information content (AvgIpc) is 2.66. The van der Waals surface area contributed by atoms with E-state index in [0.717, 1.165) is 17.7 Å². The Bertz CT molecular complexity index is 456. The minimum atomic E-state index is 0.381. The number of hydrogen-bond donors (Lipinski definition) is 1. The number of hydrogen-bond acceptors (Lipinski definition) is 2. The molecule has 27 heavy (non-hydrogen) atoms. The first kappa shape index (κ1) is 23.9. The van der Waals surface area contributed by atoms with E-state index in [2.05, 4.69) is 6.92 Å². The predicted octanol–water partition coefficient (Wildman–Crippen LogP) is 8.20. The van der Waals surface area contributed by atoms with Crippen molar-refractivity contribution in [1.29, 1.82) is 0 Å². The topological polar surface area (TPSA) is 29.5 Å². The van der Waals surface area contributed by atoms with E-state index in [1.807, 2.05) is 19.1 Å². The van der Waals surface area contributed by atoms with Gasteiger partial charge in [-0.1, -0.05) is 103 Å². The fraction of sp³-hybridized carbons (Fsp3) is 0.760. The molecule has 0 bridgehead atoms. The van der Waals surface area contributed by atoms with E-state index in [1.54, 1.807) is 6.07 Å². The Kier molecular flexibility index (Phi) is 15.0. The molecule has 0 fully saturated rings. The summed E-state index contributed by atoms with van der Waals surface area (Å²) in [6, 6.07) is 5.71. The van der Waals surface area contributed by atoms with Crippen LogP contribution in [0.15, 0.2) is 18.2 Å². The molecule has 0 aliphatic rings. The molecule has 0 saturated heterocycles. The average molecular weight is 377 g/mol. The van der Waals surface area contributed by atoms with Gasteiger partial charge in [0.25, 0.3) is 0 Å². The molecule has 1 aromatic carbocycles. The first-order valence-electron chi connectivity index (χ1n) is 11.7. The number of phenolic OH excluding ortho intramolecular Hbond substituents is 1. The van der Waals surface area contributed by atoms with Crippen LogP contribution in [-0.2, 0) is 6.42 Å². The Morgan fingerprint density at radius 3 is 1.59 bits per heavy atom. The van der Waals surface area contributed by atoms with Crippen LogP contribution >= 0.6 is 0 Å². The van der Waals surface area contributed by atoms with Crippen molar-refractivity contribution in [2.24, 2.45) is 0 Å². The van der Waals surface area contributed by atoms with Gasteiger partial charge in [-0.2, -0.15) is 0 Å². The number of phenols is 1. The van der Waals surface area contributed by atoms with Crippen molar-refractivity contribution >= 4 is 0 Å². The number of unbranched alkanes of at least 4 members (excludes halogenated alkanes) is 14. The molecule has 0 aromatic heterocycles. The summed E-state index contributed by atoms with van der Waals surface area (Å²) in [5, 5.41) is 10.1. The Labute approximate surface area is 168 Å². The zero-order chi connectivity index (χ0) is 19.6. The summed E-state index contributed by atoms with van der Waals surface area (Å²) in [6.45, 7) is 4.88. The number of ether oxygens (including phenoxy) is 1. The number of aryl methyl sites for hydroxylation is 1. The largest absolute Gasteiger partial charge is 0.508 e.